The molecule has 0 saturated heterocycles. The van der Waals surface area contributed by atoms with Gasteiger partial charge in [0.2, 0.25) is 0 Å². The van der Waals surface area contributed by atoms with E-state index in [0.717, 1.165) is 24.3 Å². The molecule has 2 nitrogen and oxygen atoms in total. The van der Waals surface area contributed by atoms with Gasteiger partial charge in [0.1, 0.15) is 11.5 Å². The Morgan fingerprint density at radius 2 is 1.80 bits per heavy atom. The number of hydrogen-bond acceptors (Lipinski definition) is 2. The first kappa shape index (κ1) is 10.2. The van der Waals surface area contributed by atoms with Crippen LogP contribution in [0.15, 0.2) is 35.8 Å². The maximum absolute atomic E-state index is 5.72. The van der Waals surface area contributed by atoms with Crippen LogP contribution in [0, 0.1) is 0 Å². The molecule has 1 aromatic rings. The van der Waals surface area contributed by atoms with E-state index in [9.17, 15) is 0 Å². The van der Waals surface area contributed by atoms with E-state index < -0.39 is 0 Å². The monoisotopic (exact) mass is 202 g/mol. The van der Waals surface area contributed by atoms with Gasteiger partial charge in [-0.2, -0.15) is 0 Å². The predicted molar refractivity (Wildman–Crippen MR) is 62.1 cm³/mol. The second kappa shape index (κ2) is 4.43. The lowest BCUT2D eigenvalue weighted by atomic mass is 9.76. The molecule has 0 spiro atoms. The highest BCUT2D eigenvalue weighted by Gasteiger charge is 2.34. The summed E-state index contributed by atoms with van der Waals surface area (Å²) in [5.41, 5.74) is 1.22. The molecule has 1 heterocycles. The number of benzene rings is 1. The van der Waals surface area contributed by atoms with Crippen LogP contribution in [0.3, 0.4) is 0 Å². The Kier molecular flexibility index (Phi) is 3.00. The van der Waals surface area contributed by atoms with Crippen LogP contribution in [0.2, 0.25) is 0 Å². The lowest BCUT2D eigenvalue weighted by Gasteiger charge is -2.06. The van der Waals surface area contributed by atoms with Crippen molar-refractivity contribution in [2.75, 3.05) is 0 Å². The van der Waals surface area contributed by atoms with Gasteiger partial charge < -0.3 is 9.31 Å². The molecule has 1 aromatic carbocycles. The number of para-hydroxylation sites is 2. The van der Waals surface area contributed by atoms with Crippen molar-refractivity contribution in [3.8, 4) is 11.5 Å². The maximum Gasteiger partial charge on any atom is 0.628 e. The SMILES string of the molecule is CC/C=C(/CC)B1Oc2ccccc2O1. The summed E-state index contributed by atoms with van der Waals surface area (Å²) in [7, 11) is -0.215. The number of allylic oxidation sites excluding steroid dienone is 2. The van der Waals surface area contributed by atoms with Crippen LogP contribution in [0.4, 0.5) is 0 Å². The third-order valence-corrected chi connectivity index (χ3v) is 2.49. The lowest BCUT2D eigenvalue weighted by Crippen LogP contribution is -2.27. The zero-order valence-electron chi connectivity index (χ0n) is 9.19. The van der Waals surface area contributed by atoms with Crippen molar-refractivity contribution in [1.29, 1.82) is 0 Å². The largest absolute Gasteiger partial charge is 0.628 e. The second-order valence-corrected chi connectivity index (χ2v) is 3.56. The van der Waals surface area contributed by atoms with Crippen LogP contribution in [0.1, 0.15) is 26.7 Å². The summed E-state index contributed by atoms with van der Waals surface area (Å²) < 4.78 is 11.4. The standard InChI is InChI=1S/C12H15BO2/c1-3-7-10(4-2)13-14-11-8-5-6-9-12(11)15-13/h5-9H,3-4H2,1-2H3/b10-7-. The molecule has 15 heavy (non-hydrogen) atoms. The second-order valence-electron chi connectivity index (χ2n) is 3.56. The van der Waals surface area contributed by atoms with E-state index in [4.69, 9.17) is 9.31 Å². The molecule has 0 aromatic heterocycles. The highest BCUT2D eigenvalue weighted by atomic mass is 16.6. The van der Waals surface area contributed by atoms with Gasteiger partial charge >= 0.3 is 7.12 Å². The number of fused-ring (bicyclic) bond motifs is 1. The molecule has 0 unspecified atom stereocenters. The average molecular weight is 202 g/mol. The third-order valence-electron chi connectivity index (χ3n) is 2.49. The molecule has 0 N–H and O–H groups in total. The van der Waals surface area contributed by atoms with Crippen LogP contribution >= 0.6 is 0 Å². The summed E-state index contributed by atoms with van der Waals surface area (Å²) in [6, 6.07) is 7.79. The van der Waals surface area contributed by atoms with E-state index in [-0.39, 0.29) is 7.12 Å². The van der Waals surface area contributed by atoms with Crippen LogP contribution in [0.25, 0.3) is 0 Å². The van der Waals surface area contributed by atoms with E-state index in [2.05, 4.69) is 19.9 Å². The smallest absolute Gasteiger partial charge is 0.519 e. The minimum absolute atomic E-state index is 0.215. The minimum atomic E-state index is -0.215. The van der Waals surface area contributed by atoms with Gasteiger partial charge in [-0.1, -0.05) is 32.1 Å². The van der Waals surface area contributed by atoms with Gasteiger partial charge in [0, 0.05) is 0 Å². The Balaban J connectivity index is 2.15. The first-order chi connectivity index (χ1) is 7.35. The molecule has 1 aliphatic heterocycles. The minimum Gasteiger partial charge on any atom is -0.519 e. The first-order valence-corrected chi connectivity index (χ1v) is 5.46. The molecular formula is C12H15BO2. The molecule has 1 aliphatic rings. The van der Waals surface area contributed by atoms with E-state index >= 15 is 0 Å². The van der Waals surface area contributed by atoms with Gasteiger partial charge in [-0.05, 0) is 30.4 Å². The molecule has 78 valence electrons. The first-order valence-electron chi connectivity index (χ1n) is 5.46. The predicted octanol–water partition coefficient (Wildman–Crippen LogP) is 3.23. The van der Waals surface area contributed by atoms with Crippen LogP contribution in [-0.2, 0) is 0 Å². The Morgan fingerprint density at radius 3 is 2.27 bits per heavy atom. The van der Waals surface area contributed by atoms with Crippen molar-refractivity contribution < 1.29 is 9.31 Å². The molecule has 0 radical (unpaired) electrons. The van der Waals surface area contributed by atoms with Gasteiger partial charge in [0.05, 0.1) is 0 Å². The average Bonchev–Trinajstić information content (AvgIpc) is 2.69. The van der Waals surface area contributed by atoms with E-state index in [1.165, 1.54) is 5.47 Å². The zero-order valence-corrected chi connectivity index (χ0v) is 9.19. The van der Waals surface area contributed by atoms with Crippen LogP contribution in [0.5, 0.6) is 11.5 Å². The molecule has 3 heteroatoms. The summed E-state index contributed by atoms with van der Waals surface area (Å²) in [4.78, 5) is 0. The van der Waals surface area contributed by atoms with Gasteiger partial charge in [-0.15, -0.1) is 0 Å². The fourth-order valence-corrected chi connectivity index (χ4v) is 1.72. The summed E-state index contributed by atoms with van der Waals surface area (Å²) in [5, 5.41) is 0. The fraction of sp³-hybridized carbons (Fsp3) is 0.333. The van der Waals surface area contributed by atoms with Crippen molar-refractivity contribution in [3.63, 3.8) is 0 Å². The molecular weight excluding hydrogens is 187 g/mol. The maximum atomic E-state index is 5.72. The Labute approximate surface area is 91.0 Å². The molecule has 0 fully saturated rings. The Morgan fingerprint density at radius 1 is 1.20 bits per heavy atom. The van der Waals surface area contributed by atoms with Crippen LogP contribution in [-0.4, -0.2) is 7.12 Å². The normalized spacial score (nSPS) is 14.5. The van der Waals surface area contributed by atoms with Gasteiger partial charge in [-0.25, -0.2) is 0 Å². The number of rotatable bonds is 3. The highest BCUT2D eigenvalue weighted by molar-refractivity contribution is 6.56. The zero-order chi connectivity index (χ0) is 10.7. The van der Waals surface area contributed by atoms with Crippen molar-refractivity contribution in [3.05, 3.63) is 35.8 Å². The fourth-order valence-electron chi connectivity index (χ4n) is 1.72. The summed E-state index contributed by atoms with van der Waals surface area (Å²) in [5.74, 6) is 1.69. The topological polar surface area (TPSA) is 18.5 Å². The quantitative estimate of drug-likeness (QED) is 0.700. The lowest BCUT2D eigenvalue weighted by molar-refractivity contribution is 0.508. The summed E-state index contributed by atoms with van der Waals surface area (Å²) >= 11 is 0. The van der Waals surface area contributed by atoms with Gasteiger partial charge in [-0.3, -0.25) is 0 Å². The summed E-state index contributed by atoms with van der Waals surface area (Å²) in [6.45, 7) is 4.24. The van der Waals surface area contributed by atoms with Gasteiger partial charge in [0.25, 0.3) is 0 Å². The molecule has 0 amide bonds. The molecule has 0 bridgehead atoms. The van der Waals surface area contributed by atoms with E-state index in [1.54, 1.807) is 0 Å². The molecule has 0 saturated carbocycles. The molecule has 0 aliphatic carbocycles. The van der Waals surface area contributed by atoms with Crippen LogP contribution < -0.4 is 9.31 Å². The summed E-state index contributed by atoms with van der Waals surface area (Å²) in [6.07, 6.45) is 4.16. The van der Waals surface area contributed by atoms with E-state index in [0.29, 0.717) is 0 Å². The molecule has 2 rings (SSSR count). The Hall–Kier alpha value is -1.38. The molecule has 0 atom stereocenters. The highest BCUT2D eigenvalue weighted by Crippen LogP contribution is 2.34. The van der Waals surface area contributed by atoms with E-state index in [1.807, 2.05) is 24.3 Å². The van der Waals surface area contributed by atoms with Crippen molar-refractivity contribution in [1.82, 2.24) is 0 Å². The van der Waals surface area contributed by atoms with Crippen molar-refractivity contribution >= 4 is 7.12 Å². The number of hydrogen-bond donors (Lipinski definition) is 0. The van der Waals surface area contributed by atoms with Crippen molar-refractivity contribution in [2.45, 2.75) is 26.7 Å². The van der Waals surface area contributed by atoms with Gasteiger partial charge in [0.15, 0.2) is 0 Å². The van der Waals surface area contributed by atoms with Crippen molar-refractivity contribution in [2.24, 2.45) is 0 Å². The third kappa shape index (κ3) is 2.01. The Bertz CT molecular complexity index is 349.